The van der Waals surface area contributed by atoms with E-state index in [0.29, 0.717) is 28.2 Å². The number of phenolic OH excluding ortho intramolecular Hbond substituents is 1. The fourth-order valence-corrected chi connectivity index (χ4v) is 2.75. The fraction of sp³-hybridized carbons (Fsp3) is 0.316. The van der Waals surface area contributed by atoms with Crippen LogP contribution in [-0.2, 0) is 0 Å². The van der Waals surface area contributed by atoms with Gasteiger partial charge < -0.3 is 32.9 Å². The molecule has 1 aromatic rings. The van der Waals surface area contributed by atoms with Gasteiger partial charge in [0.2, 0.25) is 0 Å². The van der Waals surface area contributed by atoms with Gasteiger partial charge in [0, 0.05) is 41.9 Å². The summed E-state index contributed by atoms with van der Waals surface area (Å²) in [5.41, 5.74) is 20.3. The van der Waals surface area contributed by atoms with Crippen LogP contribution in [0.4, 0.5) is 0 Å². The molecule has 140 valence electrons. The third kappa shape index (κ3) is 5.03. The van der Waals surface area contributed by atoms with Gasteiger partial charge in [0.1, 0.15) is 11.6 Å². The van der Waals surface area contributed by atoms with Crippen molar-refractivity contribution in [3.63, 3.8) is 0 Å². The summed E-state index contributed by atoms with van der Waals surface area (Å²) >= 11 is 0. The lowest BCUT2D eigenvalue weighted by atomic mass is 10.0. The van der Waals surface area contributed by atoms with Gasteiger partial charge in [-0.25, -0.2) is 0 Å². The van der Waals surface area contributed by atoms with Crippen molar-refractivity contribution >= 4 is 11.9 Å². The number of para-hydroxylation sites is 1. The highest BCUT2D eigenvalue weighted by molar-refractivity contribution is 5.88. The van der Waals surface area contributed by atoms with Gasteiger partial charge in [-0.15, -0.1) is 0 Å². The van der Waals surface area contributed by atoms with Gasteiger partial charge in [0.25, 0.3) is 0 Å². The zero-order chi connectivity index (χ0) is 18.9. The first-order chi connectivity index (χ1) is 12.6. The van der Waals surface area contributed by atoms with E-state index in [9.17, 15) is 5.11 Å². The first-order valence-corrected chi connectivity index (χ1v) is 8.66. The maximum atomic E-state index is 10.0. The van der Waals surface area contributed by atoms with Gasteiger partial charge in [0.15, 0.2) is 0 Å². The smallest absolute Gasteiger partial charge is 0.124 e. The van der Waals surface area contributed by atoms with E-state index in [4.69, 9.17) is 17.2 Å². The average Bonchev–Trinajstić information content (AvgIpc) is 2.67. The first kappa shape index (κ1) is 19.4. The molecular weight excluding hydrogens is 328 g/mol. The number of aromatic hydroxyl groups is 1. The van der Waals surface area contributed by atoms with Gasteiger partial charge in [-0.3, -0.25) is 4.99 Å². The monoisotopic (exact) mass is 356 g/mol. The normalized spacial score (nSPS) is 18.0. The predicted octanol–water partition coefficient (Wildman–Crippen LogP) is 0.747. The van der Waals surface area contributed by atoms with Crippen molar-refractivity contribution in [3.05, 3.63) is 59.1 Å². The largest absolute Gasteiger partial charge is 0.507 e. The van der Waals surface area contributed by atoms with Crippen LogP contribution in [0.3, 0.4) is 0 Å². The van der Waals surface area contributed by atoms with Crippen LogP contribution in [0.15, 0.2) is 58.5 Å². The first-order valence-electron chi connectivity index (χ1n) is 8.66. The maximum absolute atomic E-state index is 10.0. The molecule has 1 heterocycles. The molecule has 0 unspecified atom stereocenters. The molecule has 26 heavy (non-hydrogen) atoms. The number of nitrogens with zero attached hydrogens (tertiary/aromatic N) is 1. The molecule has 2 rings (SSSR count). The van der Waals surface area contributed by atoms with Crippen LogP contribution in [-0.4, -0.2) is 37.5 Å². The van der Waals surface area contributed by atoms with E-state index in [0.717, 1.165) is 25.9 Å². The van der Waals surface area contributed by atoms with Crippen molar-refractivity contribution in [2.24, 2.45) is 22.2 Å². The number of hydrogen-bond donors (Lipinski definition) is 6. The molecule has 1 saturated heterocycles. The van der Waals surface area contributed by atoms with E-state index < -0.39 is 0 Å². The molecule has 7 heteroatoms. The number of rotatable bonds is 6. The number of piperidine rings is 1. The predicted molar refractivity (Wildman–Crippen MR) is 107 cm³/mol. The van der Waals surface area contributed by atoms with E-state index in [2.05, 4.69) is 15.6 Å². The Hall–Kier alpha value is -2.93. The molecular formula is C19H28N6O. The van der Waals surface area contributed by atoms with E-state index in [1.165, 1.54) is 6.20 Å². The zero-order valence-corrected chi connectivity index (χ0v) is 15.1. The zero-order valence-electron chi connectivity index (χ0n) is 15.1. The van der Waals surface area contributed by atoms with Crippen LogP contribution in [0.1, 0.15) is 18.4 Å². The molecule has 1 aliphatic rings. The van der Waals surface area contributed by atoms with Gasteiger partial charge >= 0.3 is 0 Å². The Labute approximate surface area is 154 Å². The highest BCUT2D eigenvalue weighted by Gasteiger charge is 2.13. The third-order valence-electron chi connectivity index (χ3n) is 4.30. The molecule has 0 aromatic heterocycles. The van der Waals surface area contributed by atoms with Crippen molar-refractivity contribution in [2.45, 2.75) is 18.9 Å². The summed E-state index contributed by atoms with van der Waals surface area (Å²) in [4.78, 5) is 4.64. The third-order valence-corrected chi connectivity index (χ3v) is 4.30. The second-order valence-electron chi connectivity index (χ2n) is 6.08. The van der Waals surface area contributed by atoms with Crippen LogP contribution in [0.25, 0.3) is 5.70 Å². The second kappa shape index (κ2) is 9.53. The molecule has 1 aromatic carbocycles. The molecule has 7 nitrogen and oxygen atoms in total. The molecule has 0 saturated carbocycles. The van der Waals surface area contributed by atoms with E-state index in [1.807, 2.05) is 0 Å². The van der Waals surface area contributed by atoms with Crippen molar-refractivity contribution in [1.29, 1.82) is 0 Å². The van der Waals surface area contributed by atoms with Crippen molar-refractivity contribution in [3.8, 4) is 5.75 Å². The Morgan fingerprint density at radius 3 is 2.58 bits per heavy atom. The molecule has 0 bridgehead atoms. The molecule has 0 aliphatic carbocycles. The summed E-state index contributed by atoms with van der Waals surface area (Å²) in [6.45, 7) is 1.93. The molecule has 1 aliphatic heterocycles. The molecule has 0 amide bonds. The number of benzene rings is 1. The summed E-state index contributed by atoms with van der Waals surface area (Å²) in [5.74, 6) is 0.516. The van der Waals surface area contributed by atoms with Crippen LogP contribution in [0.2, 0.25) is 0 Å². The van der Waals surface area contributed by atoms with E-state index in [-0.39, 0.29) is 11.8 Å². The van der Waals surface area contributed by atoms with Crippen LogP contribution in [0.5, 0.6) is 5.75 Å². The standard InChI is InChI=1S/C19H28N6O/c1-23-19(22)16(10-17(21)15-4-2-3-5-18(15)26)13(11-20)12-25-14-6-8-24-9-7-14/h2-5,10-12,14,23-24,26H,6-9,20-22H2,1H3/b13-11+,17-10-,19-16-,25-12?. The van der Waals surface area contributed by atoms with Gasteiger partial charge in [-0.2, -0.15) is 0 Å². The minimum absolute atomic E-state index is 0.102. The molecule has 0 spiro atoms. The topological polar surface area (TPSA) is 135 Å². The number of nitrogens with one attached hydrogen (secondary N) is 2. The van der Waals surface area contributed by atoms with Crippen LogP contribution in [0, 0.1) is 0 Å². The van der Waals surface area contributed by atoms with Gasteiger partial charge in [0.05, 0.1) is 6.04 Å². The average molecular weight is 356 g/mol. The maximum Gasteiger partial charge on any atom is 0.124 e. The second-order valence-corrected chi connectivity index (χ2v) is 6.08. The van der Waals surface area contributed by atoms with Gasteiger partial charge in [-0.1, -0.05) is 12.1 Å². The molecule has 1 fully saturated rings. The summed E-state index contributed by atoms with van der Waals surface area (Å²) in [7, 11) is 1.72. The quantitative estimate of drug-likeness (QED) is 0.329. The summed E-state index contributed by atoms with van der Waals surface area (Å²) in [6, 6.07) is 7.13. The van der Waals surface area contributed by atoms with Crippen molar-refractivity contribution in [1.82, 2.24) is 10.6 Å². The minimum atomic E-state index is 0.102. The molecule has 0 radical (unpaired) electrons. The van der Waals surface area contributed by atoms with Crippen LogP contribution >= 0.6 is 0 Å². The number of allylic oxidation sites excluding steroid dienone is 3. The summed E-state index contributed by atoms with van der Waals surface area (Å²) < 4.78 is 0. The summed E-state index contributed by atoms with van der Waals surface area (Å²) in [5, 5.41) is 16.2. The lowest BCUT2D eigenvalue weighted by Crippen LogP contribution is -2.30. The van der Waals surface area contributed by atoms with Crippen LogP contribution < -0.4 is 27.8 Å². The number of nitrogens with two attached hydrogens (primary N) is 3. The number of phenols is 1. The Balaban J connectivity index is 2.33. The van der Waals surface area contributed by atoms with E-state index >= 15 is 0 Å². The Kier molecular flexibility index (Phi) is 7.11. The van der Waals surface area contributed by atoms with E-state index in [1.54, 1.807) is 43.6 Å². The Morgan fingerprint density at radius 1 is 1.27 bits per heavy atom. The van der Waals surface area contributed by atoms with Crippen molar-refractivity contribution < 1.29 is 5.11 Å². The molecule has 9 N–H and O–H groups in total. The lowest BCUT2D eigenvalue weighted by molar-refractivity contribution is 0.461. The highest BCUT2D eigenvalue weighted by atomic mass is 16.3. The summed E-state index contributed by atoms with van der Waals surface area (Å²) in [6.07, 6.45) is 6.87. The SMILES string of the molecule is CN/C(N)=C(/C=C(\N)c1ccccc1O)C(\C=NC1CCNCC1)=C\N. The Morgan fingerprint density at radius 2 is 1.96 bits per heavy atom. The van der Waals surface area contributed by atoms with Gasteiger partial charge in [-0.05, 0) is 44.1 Å². The number of aliphatic imine (C=N–C) groups is 1. The van der Waals surface area contributed by atoms with Crippen molar-refractivity contribution in [2.75, 3.05) is 20.1 Å². The number of hydrogen-bond acceptors (Lipinski definition) is 7. The minimum Gasteiger partial charge on any atom is -0.507 e. The lowest BCUT2D eigenvalue weighted by Gasteiger charge is -2.19. The highest BCUT2D eigenvalue weighted by Crippen LogP contribution is 2.24. The Bertz CT molecular complexity index is 729. The molecule has 0 atom stereocenters. The fourth-order valence-electron chi connectivity index (χ4n) is 2.75.